The molecule has 2 nitrogen and oxygen atoms in total. The summed E-state index contributed by atoms with van der Waals surface area (Å²) >= 11 is 0. The van der Waals surface area contributed by atoms with Gasteiger partial charge in [0.1, 0.15) is 6.61 Å². The predicted molar refractivity (Wildman–Crippen MR) is 63.4 cm³/mol. The molecule has 106 valence electrons. The zero-order valence-electron chi connectivity index (χ0n) is 10.2. The van der Waals surface area contributed by atoms with Crippen molar-refractivity contribution in [3.05, 3.63) is 59.4 Å². The third-order valence-corrected chi connectivity index (χ3v) is 2.85. The first-order valence-corrected chi connectivity index (χ1v) is 5.73. The summed E-state index contributed by atoms with van der Waals surface area (Å²) < 4.78 is 58.8. The Kier molecular flexibility index (Phi) is 3.92. The van der Waals surface area contributed by atoms with E-state index in [2.05, 4.69) is 0 Å². The van der Waals surface area contributed by atoms with Crippen molar-refractivity contribution < 1.29 is 27.1 Å². The molecule has 2 unspecified atom stereocenters. The van der Waals surface area contributed by atoms with Gasteiger partial charge in [0.15, 0.2) is 29.9 Å². The molecule has 0 bridgehead atoms. The summed E-state index contributed by atoms with van der Waals surface area (Å²) in [5, 5.41) is 0. The zero-order chi connectivity index (χ0) is 14.8. The summed E-state index contributed by atoms with van der Waals surface area (Å²) in [4.78, 5) is 10.4. The Morgan fingerprint density at radius 2 is 1.90 bits per heavy atom. The highest BCUT2D eigenvalue weighted by atomic mass is 19.2. The maximum Gasteiger partial charge on any atom is 0.253 e. The standard InChI is InChI=1S/C14H10F4O2/c15-11-6-10(12(16)13(17)14(11,18)8-19)20-7-9-4-2-1-3-5-9/h1-6,8,11H,7H2. The molecule has 2 rings (SSSR count). The lowest BCUT2D eigenvalue weighted by Gasteiger charge is -2.25. The van der Waals surface area contributed by atoms with Crippen LogP contribution in [-0.2, 0) is 16.1 Å². The van der Waals surface area contributed by atoms with Crippen LogP contribution in [0.25, 0.3) is 0 Å². The summed E-state index contributed by atoms with van der Waals surface area (Å²) in [6, 6.07) is 8.50. The molecule has 0 amide bonds. The van der Waals surface area contributed by atoms with Crippen LogP contribution in [0.3, 0.4) is 0 Å². The van der Waals surface area contributed by atoms with Gasteiger partial charge in [-0.1, -0.05) is 30.3 Å². The Bertz CT molecular complexity index is 568. The lowest BCUT2D eigenvalue weighted by Crippen LogP contribution is -2.39. The van der Waals surface area contributed by atoms with E-state index in [1.54, 1.807) is 30.3 Å². The fourth-order valence-electron chi connectivity index (χ4n) is 1.69. The number of allylic oxidation sites excluding steroid dienone is 3. The van der Waals surface area contributed by atoms with E-state index in [1.807, 2.05) is 0 Å². The molecule has 0 aliphatic heterocycles. The van der Waals surface area contributed by atoms with Gasteiger partial charge >= 0.3 is 0 Å². The third kappa shape index (κ3) is 2.45. The summed E-state index contributed by atoms with van der Waals surface area (Å²) in [5.41, 5.74) is -2.98. The first-order valence-electron chi connectivity index (χ1n) is 5.73. The van der Waals surface area contributed by atoms with E-state index >= 15 is 0 Å². The van der Waals surface area contributed by atoms with Crippen molar-refractivity contribution >= 4 is 6.29 Å². The molecule has 0 spiro atoms. The van der Waals surface area contributed by atoms with Gasteiger partial charge in [0.2, 0.25) is 0 Å². The third-order valence-electron chi connectivity index (χ3n) is 2.85. The van der Waals surface area contributed by atoms with Crippen LogP contribution in [0.15, 0.2) is 53.8 Å². The normalized spacial score (nSPS) is 26.2. The molecule has 0 saturated heterocycles. The second-order valence-corrected chi connectivity index (χ2v) is 4.22. The minimum Gasteiger partial charge on any atom is -0.486 e. The number of ether oxygens (including phenoxy) is 1. The van der Waals surface area contributed by atoms with E-state index in [-0.39, 0.29) is 6.61 Å². The number of alkyl halides is 2. The van der Waals surface area contributed by atoms with Crippen LogP contribution in [0.5, 0.6) is 0 Å². The summed E-state index contributed by atoms with van der Waals surface area (Å²) in [5.74, 6) is -4.57. The lowest BCUT2D eigenvalue weighted by molar-refractivity contribution is -0.119. The maximum absolute atomic E-state index is 13.6. The second-order valence-electron chi connectivity index (χ2n) is 4.22. The van der Waals surface area contributed by atoms with Crippen molar-refractivity contribution in [3.8, 4) is 0 Å². The van der Waals surface area contributed by atoms with Crippen molar-refractivity contribution in [3.63, 3.8) is 0 Å². The fourth-order valence-corrected chi connectivity index (χ4v) is 1.69. The number of rotatable bonds is 4. The molecule has 0 aromatic heterocycles. The highest BCUT2D eigenvalue weighted by Gasteiger charge is 2.49. The molecule has 1 aromatic rings. The van der Waals surface area contributed by atoms with E-state index in [0.29, 0.717) is 11.6 Å². The minimum atomic E-state index is -3.62. The molecule has 1 aliphatic carbocycles. The maximum atomic E-state index is 13.6. The summed E-state index contributed by atoms with van der Waals surface area (Å²) in [6.07, 6.45) is -2.82. The largest absolute Gasteiger partial charge is 0.486 e. The fraction of sp³-hybridized carbons (Fsp3) is 0.214. The van der Waals surface area contributed by atoms with Gasteiger partial charge in [-0.15, -0.1) is 0 Å². The molecule has 0 heterocycles. The molecule has 1 aliphatic rings. The van der Waals surface area contributed by atoms with E-state index < -0.39 is 35.5 Å². The first-order chi connectivity index (χ1) is 9.49. The van der Waals surface area contributed by atoms with Gasteiger partial charge in [0.05, 0.1) is 0 Å². The number of benzene rings is 1. The zero-order valence-corrected chi connectivity index (χ0v) is 10.2. The second kappa shape index (κ2) is 5.48. The van der Waals surface area contributed by atoms with Gasteiger partial charge < -0.3 is 4.74 Å². The van der Waals surface area contributed by atoms with Crippen LogP contribution < -0.4 is 0 Å². The van der Waals surface area contributed by atoms with Gasteiger partial charge in [0.25, 0.3) is 5.67 Å². The number of aldehydes is 1. The molecule has 1 aromatic carbocycles. The Morgan fingerprint density at radius 3 is 2.50 bits per heavy atom. The highest BCUT2D eigenvalue weighted by molar-refractivity contribution is 5.71. The van der Waals surface area contributed by atoms with Gasteiger partial charge in [-0.25, -0.2) is 13.2 Å². The summed E-state index contributed by atoms with van der Waals surface area (Å²) in [6.45, 7) is -0.138. The first kappa shape index (κ1) is 14.3. The molecule has 2 atom stereocenters. The van der Waals surface area contributed by atoms with Crippen LogP contribution in [0, 0.1) is 0 Å². The number of hydrogen-bond acceptors (Lipinski definition) is 2. The van der Waals surface area contributed by atoms with Crippen LogP contribution in [0.2, 0.25) is 0 Å². The van der Waals surface area contributed by atoms with Gasteiger partial charge in [-0.3, -0.25) is 4.79 Å². The Balaban J connectivity index is 2.18. The van der Waals surface area contributed by atoms with Gasteiger partial charge in [-0.05, 0) is 11.6 Å². The molecule has 20 heavy (non-hydrogen) atoms. The molecular weight excluding hydrogens is 276 g/mol. The van der Waals surface area contributed by atoms with Crippen molar-refractivity contribution in [1.29, 1.82) is 0 Å². The number of carbonyl (C=O) groups excluding carboxylic acids is 1. The molecular formula is C14H10F4O2. The number of halogens is 4. The average molecular weight is 286 g/mol. The molecule has 0 radical (unpaired) electrons. The number of carbonyl (C=O) groups is 1. The van der Waals surface area contributed by atoms with Crippen LogP contribution >= 0.6 is 0 Å². The quantitative estimate of drug-likeness (QED) is 0.625. The lowest BCUT2D eigenvalue weighted by atomic mass is 9.94. The Morgan fingerprint density at radius 1 is 1.25 bits per heavy atom. The minimum absolute atomic E-state index is 0.138. The Hall–Kier alpha value is -2.11. The van der Waals surface area contributed by atoms with Crippen LogP contribution in [0.1, 0.15) is 5.56 Å². The monoisotopic (exact) mass is 286 g/mol. The SMILES string of the molecule is O=CC1(F)C(F)=C(F)C(OCc2ccccc2)=CC1F. The van der Waals surface area contributed by atoms with Crippen molar-refractivity contribution in [2.24, 2.45) is 0 Å². The summed E-state index contributed by atoms with van der Waals surface area (Å²) in [7, 11) is 0. The molecule has 6 heteroatoms. The van der Waals surface area contributed by atoms with Crippen molar-refractivity contribution in [2.45, 2.75) is 18.4 Å². The Labute approximate surface area is 112 Å². The average Bonchev–Trinajstić information content (AvgIpc) is 2.48. The molecule has 0 fully saturated rings. The highest BCUT2D eigenvalue weighted by Crippen LogP contribution is 2.39. The van der Waals surface area contributed by atoms with Crippen molar-refractivity contribution in [2.75, 3.05) is 0 Å². The predicted octanol–water partition coefficient (Wildman–Crippen LogP) is 3.50. The van der Waals surface area contributed by atoms with Crippen LogP contribution in [0.4, 0.5) is 17.6 Å². The van der Waals surface area contributed by atoms with E-state index in [0.717, 1.165) is 0 Å². The van der Waals surface area contributed by atoms with E-state index in [9.17, 15) is 22.4 Å². The number of hydrogen-bond donors (Lipinski definition) is 0. The smallest absolute Gasteiger partial charge is 0.253 e. The van der Waals surface area contributed by atoms with E-state index in [1.165, 1.54) is 0 Å². The van der Waals surface area contributed by atoms with Gasteiger partial charge in [0, 0.05) is 0 Å². The molecule has 0 saturated carbocycles. The molecule has 0 N–H and O–H groups in total. The van der Waals surface area contributed by atoms with Crippen LogP contribution in [-0.4, -0.2) is 18.1 Å². The van der Waals surface area contributed by atoms with E-state index in [4.69, 9.17) is 4.74 Å². The topological polar surface area (TPSA) is 26.3 Å². The van der Waals surface area contributed by atoms with Crippen molar-refractivity contribution in [1.82, 2.24) is 0 Å². The van der Waals surface area contributed by atoms with Gasteiger partial charge in [-0.2, -0.15) is 4.39 Å².